The number of Topliss-reactive ketones (excluding diaryl/α,β-unsaturated/α-hetero) is 1. The molecule has 0 atom stereocenters. The van der Waals surface area contributed by atoms with Gasteiger partial charge in [-0.15, -0.1) is 0 Å². The summed E-state index contributed by atoms with van der Waals surface area (Å²) in [6.45, 7) is 18.2. The zero-order chi connectivity index (χ0) is 34.5. The molecule has 0 spiro atoms. The maximum Gasteiger partial charge on any atom is 0.305 e. The first-order chi connectivity index (χ1) is 21.8. The minimum absolute atomic E-state index is 0.0634. The summed E-state index contributed by atoms with van der Waals surface area (Å²) in [5.74, 6) is 3.66. The van der Waals surface area contributed by atoms with Crippen LogP contribution < -0.4 is 21.3 Å². The lowest BCUT2D eigenvalue weighted by Crippen LogP contribution is -2.37. The van der Waals surface area contributed by atoms with E-state index in [9.17, 15) is 19.2 Å². The molecule has 0 fully saturated rings. The number of rotatable bonds is 30. The molecule has 0 radical (unpaired) electrons. The maximum absolute atomic E-state index is 12.0. The minimum Gasteiger partial charge on any atom is -0.466 e. The summed E-state index contributed by atoms with van der Waals surface area (Å²) in [6.07, 6.45) is 6.52. The van der Waals surface area contributed by atoms with E-state index in [0.717, 1.165) is 68.2 Å². The summed E-state index contributed by atoms with van der Waals surface area (Å²) >= 11 is 3.50. The van der Waals surface area contributed by atoms with Crippen molar-refractivity contribution in [1.82, 2.24) is 21.3 Å². The molecular weight excluding hydrogens is 625 g/mol. The number of esters is 1. The molecule has 0 saturated heterocycles. The van der Waals surface area contributed by atoms with Crippen LogP contribution in [-0.2, 0) is 28.7 Å². The Balaban J connectivity index is 3.39. The van der Waals surface area contributed by atoms with E-state index in [1.165, 1.54) is 0 Å². The highest BCUT2D eigenvalue weighted by molar-refractivity contribution is 7.99. The molecule has 0 aromatic carbocycles. The van der Waals surface area contributed by atoms with Gasteiger partial charge in [-0.3, -0.25) is 19.2 Å². The highest BCUT2D eigenvalue weighted by atomic mass is 32.2. The first-order valence-corrected chi connectivity index (χ1v) is 19.4. The molecule has 4 N–H and O–H groups in total. The summed E-state index contributed by atoms with van der Waals surface area (Å²) in [7, 11) is 0. The Bertz CT molecular complexity index is 752. The highest BCUT2D eigenvalue weighted by Crippen LogP contribution is 2.18. The number of nitrogens with one attached hydrogen (secondary N) is 4. The van der Waals surface area contributed by atoms with Crippen LogP contribution in [0.25, 0.3) is 0 Å². The summed E-state index contributed by atoms with van der Waals surface area (Å²) < 4.78 is 10.7. The first kappa shape index (κ1) is 44.7. The second-order valence-electron chi connectivity index (χ2n) is 14.0. The van der Waals surface area contributed by atoms with Crippen molar-refractivity contribution in [3.63, 3.8) is 0 Å². The molecule has 0 aliphatic heterocycles. The summed E-state index contributed by atoms with van der Waals surface area (Å²) in [6, 6.07) is 0. The molecule has 0 aromatic heterocycles. The molecule has 0 saturated carbocycles. The maximum atomic E-state index is 12.0. The molecular formula is C34H66N4O6S2. The Morgan fingerprint density at radius 3 is 1.59 bits per heavy atom. The molecule has 12 heteroatoms. The molecule has 0 bridgehead atoms. The Labute approximate surface area is 288 Å². The third kappa shape index (κ3) is 35.5. The number of ether oxygens (including phenoxy) is 2. The van der Waals surface area contributed by atoms with Gasteiger partial charge >= 0.3 is 5.97 Å². The van der Waals surface area contributed by atoms with Crippen molar-refractivity contribution in [2.75, 3.05) is 82.1 Å². The Morgan fingerprint density at radius 1 is 0.587 bits per heavy atom. The van der Waals surface area contributed by atoms with Crippen LogP contribution in [0.3, 0.4) is 0 Å². The van der Waals surface area contributed by atoms with E-state index in [1.807, 2.05) is 0 Å². The van der Waals surface area contributed by atoms with E-state index < -0.39 is 0 Å². The van der Waals surface area contributed by atoms with Crippen LogP contribution in [-0.4, -0.2) is 106 Å². The predicted molar refractivity (Wildman–Crippen MR) is 194 cm³/mol. The number of amides is 2. The van der Waals surface area contributed by atoms with Crippen LogP contribution in [0.4, 0.5) is 0 Å². The van der Waals surface area contributed by atoms with Gasteiger partial charge in [-0.2, -0.15) is 23.5 Å². The molecule has 0 aliphatic rings. The number of carbonyl (C=O) groups excluding carboxylic acids is 4. The summed E-state index contributed by atoms with van der Waals surface area (Å²) in [5.41, 5.74) is 0.256. The molecule has 0 rings (SSSR count). The first-order valence-electron chi connectivity index (χ1n) is 17.1. The van der Waals surface area contributed by atoms with Crippen molar-refractivity contribution in [2.24, 2.45) is 10.8 Å². The molecule has 2 amide bonds. The molecule has 270 valence electrons. The van der Waals surface area contributed by atoms with Gasteiger partial charge in [0.25, 0.3) is 0 Å². The predicted octanol–water partition coefficient (Wildman–Crippen LogP) is 4.60. The number of carbonyl (C=O) groups is 4. The van der Waals surface area contributed by atoms with Crippen LogP contribution in [0.1, 0.15) is 99.3 Å². The Hall–Kier alpha value is -1.34. The van der Waals surface area contributed by atoms with Gasteiger partial charge in [0.15, 0.2) is 5.78 Å². The summed E-state index contributed by atoms with van der Waals surface area (Å²) in [4.78, 5) is 47.5. The van der Waals surface area contributed by atoms with E-state index in [4.69, 9.17) is 9.47 Å². The number of hydrogen-bond acceptors (Lipinski definition) is 10. The quantitative estimate of drug-likeness (QED) is 0.0626. The van der Waals surface area contributed by atoms with Crippen LogP contribution in [0.2, 0.25) is 0 Å². The number of hydrogen-bond donors (Lipinski definition) is 4. The van der Waals surface area contributed by atoms with Crippen LogP contribution >= 0.6 is 23.5 Å². The Morgan fingerprint density at radius 2 is 1.09 bits per heavy atom. The van der Waals surface area contributed by atoms with Crippen LogP contribution in [0.15, 0.2) is 0 Å². The molecule has 0 aliphatic carbocycles. The van der Waals surface area contributed by atoms with Crippen LogP contribution in [0, 0.1) is 10.8 Å². The van der Waals surface area contributed by atoms with Gasteiger partial charge in [0, 0.05) is 76.5 Å². The second kappa shape index (κ2) is 28.7. The van der Waals surface area contributed by atoms with Crippen molar-refractivity contribution in [1.29, 1.82) is 0 Å². The lowest BCUT2D eigenvalue weighted by atomic mass is 9.93. The van der Waals surface area contributed by atoms with Crippen molar-refractivity contribution in [3.8, 4) is 0 Å². The Kier molecular flexibility index (Phi) is 27.8. The normalized spacial score (nSPS) is 11.8. The fourth-order valence-corrected chi connectivity index (χ4v) is 5.69. The lowest BCUT2D eigenvalue weighted by molar-refractivity contribution is -0.144. The van der Waals surface area contributed by atoms with Crippen molar-refractivity contribution < 1.29 is 28.7 Å². The van der Waals surface area contributed by atoms with Gasteiger partial charge in [0.1, 0.15) is 6.61 Å². The zero-order valence-corrected chi connectivity index (χ0v) is 31.5. The smallest absolute Gasteiger partial charge is 0.305 e. The van der Waals surface area contributed by atoms with E-state index in [0.29, 0.717) is 65.1 Å². The van der Waals surface area contributed by atoms with Gasteiger partial charge in [0.05, 0.1) is 13.2 Å². The molecule has 10 nitrogen and oxygen atoms in total. The second-order valence-corrected chi connectivity index (χ2v) is 16.4. The standard InChI is InChI=1S/C34H66N4O6S2/c1-33(2,3)15-22-44-32(42)12-8-10-24-46-26-14-31(41)38-21-19-36-17-16-35-18-20-37-30(40)13-25-45-23-9-7-11-29(39)27-43-28-34(4,5)6/h35-36H,7-28H2,1-6H3,(H,37,40)(H,38,41). The van der Waals surface area contributed by atoms with E-state index in [-0.39, 0.29) is 41.0 Å². The number of ketones is 1. The van der Waals surface area contributed by atoms with Gasteiger partial charge in [-0.25, -0.2) is 0 Å². The molecule has 0 heterocycles. The molecule has 46 heavy (non-hydrogen) atoms. The third-order valence-electron chi connectivity index (χ3n) is 6.50. The van der Waals surface area contributed by atoms with E-state index in [1.54, 1.807) is 23.5 Å². The van der Waals surface area contributed by atoms with E-state index in [2.05, 4.69) is 62.8 Å². The molecule has 0 aromatic rings. The average Bonchev–Trinajstić information content (AvgIpc) is 2.95. The number of unbranched alkanes of at least 4 members (excludes halogenated alkanes) is 2. The van der Waals surface area contributed by atoms with Gasteiger partial charge < -0.3 is 30.7 Å². The lowest BCUT2D eigenvalue weighted by Gasteiger charge is -2.17. The summed E-state index contributed by atoms with van der Waals surface area (Å²) in [5, 5.41) is 12.5. The van der Waals surface area contributed by atoms with Crippen molar-refractivity contribution >= 4 is 47.1 Å². The van der Waals surface area contributed by atoms with Crippen LogP contribution in [0.5, 0.6) is 0 Å². The molecule has 0 unspecified atom stereocenters. The zero-order valence-electron chi connectivity index (χ0n) is 29.8. The monoisotopic (exact) mass is 690 g/mol. The SMILES string of the molecule is CC(C)(C)CCOC(=O)CCCCSCCC(=O)NCCNCCNCCNC(=O)CCSCCCCC(=O)COCC(C)(C)C. The van der Waals surface area contributed by atoms with E-state index >= 15 is 0 Å². The topological polar surface area (TPSA) is 135 Å². The largest absolute Gasteiger partial charge is 0.466 e. The minimum atomic E-state index is -0.115. The number of thioether (sulfide) groups is 2. The fraction of sp³-hybridized carbons (Fsp3) is 0.882. The fourth-order valence-electron chi connectivity index (χ4n) is 3.80. The third-order valence-corrected chi connectivity index (χ3v) is 8.64. The van der Waals surface area contributed by atoms with Gasteiger partial charge in [0.2, 0.25) is 11.8 Å². The van der Waals surface area contributed by atoms with Gasteiger partial charge in [-0.1, -0.05) is 41.5 Å². The van der Waals surface area contributed by atoms with Crippen molar-refractivity contribution in [2.45, 2.75) is 99.3 Å². The highest BCUT2D eigenvalue weighted by Gasteiger charge is 2.12. The van der Waals surface area contributed by atoms with Gasteiger partial charge in [-0.05, 0) is 54.4 Å². The van der Waals surface area contributed by atoms with Crippen molar-refractivity contribution in [3.05, 3.63) is 0 Å². The average molecular weight is 691 g/mol.